The molecule has 0 aliphatic rings. The van der Waals surface area contributed by atoms with Gasteiger partial charge >= 0.3 is 0 Å². The molecule has 0 aliphatic carbocycles. The van der Waals surface area contributed by atoms with E-state index in [2.05, 4.69) is 33.8 Å². The van der Waals surface area contributed by atoms with E-state index in [1.54, 1.807) is 0 Å². The molecule has 3 nitrogen and oxygen atoms in total. The highest BCUT2D eigenvalue weighted by Gasteiger charge is 2.03. The first-order valence-electron chi connectivity index (χ1n) is 5.74. The molecule has 0 spiro atoms. The summed E-state index contributed by atoms with van der Waals surface area (Å²) < 4.78 is 6.64. The van der Waals surface area contributed by atoms with Crippen LogP contribution < -0.4 is 4.74 Å². The van der Waals surface area contributed by atoms with Gasteiger partial charge in [0.15, 0.2) is 0 Å². The molecule has 0 amide bonds. The highest BCUT2D eigenvalue weighted by atomic mass is 79.9. The zero-order valence-corrected chi connectivity index (χ0v) is 11.6. The van der Waals surface area contributed by atoms with Gasteiger partial charge < -0.3 is 4.74 Å². The molecule has 1 aromatic carbocycles. The maximum absolute atomic E-state index is 8.68. The van der Waals surface area contributed by atoms with Gasteiger partial charge in [0, 0.05) is 11.0 Å². The topological polar surface area (TPSA) is 36.3 Å². The van der Waals surface area contributed by atoms with E-state index in [0.717, 1.165) is 29.7 Å². The highest BCUT2D eigenvalue weighted by molar-refractivity contribution is 9.10. The average molecular weight is 297 g/mol. The van der Waals surface area contributed by atoms with E-state index in [-0.39, 0.29) is 0 Å². The molecule has 0 heterocycles. The molecule has 0 radical (unpaired) electrons. The van der Waals surface area contributed by atoms with Crippen LogP contribution in [0.5, 0.6) is 5.75 Å². The second-order valence-electron chi connectivity index (χ2n) is 3.74. The number of nitrogens with zero attached hydrogens (tertiary/aromatic N) is 2. The lowest BCUT2D eigenvalue weighted by Crippen LogP contribution is -2.29. The normalized spacial score (nSPS) is 10.2. The first-order chi connectivity index (χ1) is 8.26. The second-order valence-corrected chi connectivity index (χ2v) is 4.66. The van der Waals surface area contributed by atoms with Gasteiger partial charge in [-0.2, -0.15) is 5.26 Å². The van der Waals surface area contributed by atoms with Crippen LogP contribution in [-0.2, 0) is 0 Å². The largest absolute Gasteiger partial charge is 0.492 e. The van der Waals surface area contributed by atoms with Crippen molar-refractivity contribution in [2.24, 2.45) is 0 Å². The van der Waals surface area contributed by atoms with E-state index < -0.39 is 0 Å². The van der Waals surface area contributed by atoms with Gasteiger partial charge in [-0.1, -0.05) is 28.9 Å². The summed E-state index contributed by atoms with van der Waals surface area (Å²) in [5.74, 6) is 0.854. The van der Waals surface area contributed by atoms with E-state index in [4.69, 9.17) is 10.00 Å². The minimum absolute atomic E-state index is 0.468. The minimum Gasteiger partial charge on any atom is -0.492 e. The summed E-state index contributed by atoms with van der Waals surface area (Å²) in [6.07, 6.45) is 1.05. The Hall–Kier alpha value is -1.05. The molecule has 0 unspecified atom stereocenters. The van der Waals surface area contributed by atoms with Crippen LogP contribution in [-0.4, -0.2) is 31.1 Å². The maximum atomic E-state index is 8.68. The van der Waals surface area contributed by atoms with Crippen molar-refractivity contribution in [2.45, 2.75) is 13.3 Å². The first kappa shape index (κ1) is 14.0. The van der Waals surface area contributed by atoms with Gasteiger partial charge in [0.2, 0.25) is 0 Å². The summed E-state index contributed by atoms with van der Waals surface area (Å²) in [7, 11) is 0. The standard InChI is InChI=1S/C13H17BrN2O/c1-2-7-16(8-6-15)9-10-17-13-5-3-4-12(14)11-13/h3-5,11H,2,7-10H2,1H3. The molecule has 0 saturated carbocycles. The molecule has 0 aliphatic heterocycles. The van der Waals surface area contributed by atoms with Crippen LogP contribution in [0.2, 0.25) is 0 Å². The predicted octanol–water partition coefficient (Wildman–Crippen LogP) is 3.06. The van der Waals surface area contributed by atoms with E-state index in [9.17, 15) is 0 Å². The Labute approximate surface area is 111 Å². The molecule has 1 aromatic rings. The molecular weight excluding hydrogens is 280 g/mol. The third-order valence-electron chi connectivity index (χ3n) is 2.31. The molecule has 92 valence electrons. The van der Waals surface area contributed by atoms with Crippen LogP contribution in [0.3, 0.4) is 0 Å². The molecular formula is C13H17BrN2O. The fourth-order valence-corrected chi connectivity index (χ4v) is 1.91. The van der Waals surface area contributed by atoms with Crippen LogP contribution in [0.4, 0.5) is 0 Å². The van der Waals surface area contributed by atoms with Crippen molar-refractivity contribution in [1.29, 1.82) is 5.26 Å². The third kappa shape index (κ3) is 5.71. The number of benzene rings is 1. The van der Waals surface area contributed by atoms with Crippen molar-refractivity contribution < 1.29 is 4.74 Å². The Balaban J connectivity index is 2.33. The molecule has 0 bridgehead atoms. The predicted molar refractivity (Wildman–Crippen MR) is 72.0 cm³/mol. The molecule has 0 aromatic heterocycles. The Bertz CT molecular complexity index is 376. The van der Waals surface area contributed by atoms with Crippen LogP contribution in [0.25, 0.3) is 0 Å². The van der Waals surface area contributed by atoms with Gasteiger partial charge in [0.25, 0.3) is 0 Å². The van der Waals surface area contributed by atoms with E-state index >= 15 is 0 Å². The lowest BCUT2D eigenvalue weighted by molar-refractivity contribution is 0.224. The van der Waals surface area contributed by atoms with E-state index in [1.165, 1.54) is 0 Å². The van der Waals surface area contributed by atoms with Crippen molar-refractivity contribution in [2.75, 3.05) is 26.2 Å². The fourth-order valence-electron chi connectivity index (χ4n) is 1.54. The monoisotopic (exact) mass is 296 g/mol. The Morgan fingerprint density at radius 2 is 2.24 bits per heavy atom. The molecule has 4 heteroatoms. The molecule has 0 fully saturated rings. The number of hydrogen-bond donors (Lipinski definition) is 0. The smallest absolute Gasteiger partial charge is 0.120 e. The van der Waals surface area contributed by atoms with Crippen LogP contribution in [0.1, 0.15) is 13.3 Å². The quantitative estimate of drug-likeness (QED) is 0.726. The van der Waals surface area contributed by atoms with Gasteiger partial charge in [0.05, 0.1) is 12.6 Å². The maximum Gasteiger partial charge on any atom is 0.120 e. The van der Waals surface area contributed by atoms with Gasteiger partial charge in [-0.25, -0.2) is 0 Å². The molecule has 0 atom stereocenters. The van der Waals surface area contributed by atoms with Crippen molar-refractivity contribution in [3.8, 4) is 11.8 Å². The highest BCUT2D eigenvalue weighted by Crippen LogP contribution is 2.17. The summed E-state index contributed by atoms with van der Waals surface area (Å²) >= 11 is 3.40. The van der Waals surface area contributed by atoms with Crippen molar-refractivity contribution in [3.05, 3.63) is 28.7 Å². The minimum atomic E-state index is 0.468. The summed E-state index contributed by atoms with van der Waals surface area (Å²) in [6.45, 7) is 4.91. The number of rotatable bonds is 7. The fraction of sp³-hybridized carbons (Fsp3) is 0.462. The van der Waals surface area contributed by atoms with Gasteiger partial charge in [-0.05, 0) is 31.2 Å². The van der Waals surface area contributed by atoms with Crippen molar-refractivity contribution in [1.82, 2.24) is 4.90 Å². The molecule has 17 heavy (non-hydrogen) atoms. The van der Waals surface area contributed by atoms with Crippen LogP contribution in [0.15, 0.2) is 28.7 Å². The Kier molecular flexibility index (Phi) is 6.68. The van der Waals surface area contributed by atoms with E-state index in [0.29, 0.717) is 13.2 Å². The summed E-state index contributed by atoms with van der Waals surface area (Å²) in [5, 5.41) is 8.68. The molecule has 0 saturated heterocycles. The lowest BCUT2D eigenvalue weighted by atomic mass is 10.3. The summed E-state index contributed by atoms with van der Waals surface area (Å²) in [5.41, 5.74) is 0. The zero-order chi connectivity index (χ0) is 12.5. The average Bonchev–Trinajstić information content (AvgIpc) is 2.30. The van der Waals surface area contributed by atoms with Crippen LogP contribution in [0, 0.1) is 11.3 Å². The SMILES string of the molecule is CCCN(CC#N)CCOc1cccc(Br)c1. The van der Waals surface area contributed by atoms with E-state index in [1.807, 2.05) is 24.3 Å². The summed E-state index contributed by atoms with van der Waals surface area (Å²) in [4.78, 5) is 2.10. The Morgan fingerprint density at radius 3 is 2.88 bits per heavy atom. The summed E-state index contributed by atoms with van der Waals surface area (Å²) in [6, 6.07) is 9.95. The molecule has 1 rings (SSSR count). The lowest BCUT2D eigenvalue weighted by Gasteiger charge is -2.18. The molecule has 0 N–H and O–H groups in total. The number of ether oxygens (including phenoxy) is 1. The van der Waals surface area contributed by atoms with Gasteiger partial charge in [-0.3, -0.25) is 4.90 Å². The second kappa shape index (κ2) is 8.10. The van der Waals surface area contributed by atoms with Gasteiger partial charge in [-0.15, -0.1) is 0 Å². The zero-order valence-electron chi connectivity index (χ0n) is 10.0. The van der Waals surface area contributed by atoms with Gasteiger partial charge in [0.1, 0.15) is 12.4 Å². The van der Waals surface area contributed by atoms with Crippen molar-refractivity contribution >= 4 is 15.9 Å². The first-order valence-corrected chi connectivity index (χ1v) is 6.53. The number of hydrogen-bond acceptors (Lipinski definition) is 3. The number of halogens is 1. The van der Waals surface area contributed by atoms with Crippen LogP contribution >= 0.6 is 15.9 Å². The van der Waals surface area contributed by atoms with Crippen molar-refractivity contribution in [3.63, 3.8) is 0 Å². The third-order valence-corrected chi connectivity index (χ3v) is 2.80. The Morgan fingerprint density at radius 1 is 1.41 bits per heavy atom. The number of nitriles is 1.